The second kappa shape index (κ2) is 7.17. The van der Waals surface area contributed by atoms with Crippen LogP contribution in [0.5, 0.6) is 0 Å². The molecule has 0 unspecified atom stereocenters. The summed E-state index contributed by atoms with van der Waals surface area (Å²) in [4.78, 5) is 24.8. The number of piperidine rings is 1. The number of hydrogen-bond donors (Lipinski definition) is 1. The molecule has 1 aliphatic carbocycles. The highest BCUT2D eigenvalue weighted by atomic mass is 32.2. The highest BCUT2D eigenvalue weighted by Gasteiger charge is 2.27. The van der Waals surface area contributed by atoms with Crippen molar-refractivity contribution in [3.8, 4) is 0 Å². The Kier molecular flexibility index (Phi) is 5.55. The highest BCUT2D eigenvalue weighted by Crippen LogP contribution is 2.28. The molecule has 5 heteroatoms. The zero-order chi connectivity index (χ0) is 13.7. The summed E-state index contributed by atoms with van der Waals surface area (Å²) in [5, 5.41) is 9.59. The lowest BCUT2D eigenvalue weighted by molar-refractivity contribution is -0.145. The lowest BCUT2D eigenvalue weighted by Crippen LogP contribution is -2.41. The first-order chi connectivity index (χ1) is 9.16. The molecule has 0 bridgehead atoms. The van der Waals surface area contributed by atoms with Gasteiger partial charge < -0.3 is 10.0 Å². The fourth-order valence-electron chi connectivity index (χ4n) is 2.89. The molecule has 0 aromatic heterocycles. The standard InChI is InChI=1S/C14H23NO3S/c16-13(10-19-12-4-2-1-3-5-12)15-8-6-11(7-9-15)14(17)18/h11-12H,1-10H2,(H,17,18). The lowest BCUT2D eigenvalue weighted by Gasteiger charge is -2.30. The average Bonchev–Trinajstić information content (AvgIpc) is 2.46. The Morgan fingerprint density at radius 2 is 1.68 bits per heavy atom. The third-order valence-electron chi connectivity index (χ3n) is 4.19. The van der Waals surface area contributed by atoms with Crippen LogP contribution in [0.15, 0.2) is 0 Å². The van der Waals surface area contributed by atoms with Crippen LogP contribution in [0.2, 0.25) is 0 Å². The summed E-state index contributed by atoms with van der Waals surface area (Å²) in [6.07, 6.45) is 7.65. The number of carboxylic acids is 1. The third kappa shape index (κ3) is 4.41. The lowest BCUT2D eigenvalue weighted by atomic mass is 9.97. The van der Waals surface area contributed by atoms with Gasteiger partial charge in [0.25, 0.3) is 0 Å². The molecular weight excluding hydrogens is 262 g/mol. The molecule has 1 heterocycles. The fourth-order valence-corrected chi connectivity index (χ4v) is 4.12. The summed E-state index contributed by atoms with van der Waals surface area (Å²) < 4.78 is 0. The Morgan fingerprint density at radius 1 is 1.05 bits per heavy atom. The zero-order valence-corrected chi connectivity index (χ0v) is 12.2. The number of hydrogen-bond acceptors (Lipinski definition) is 3. The van der Waals surface area contributed by atoms with E-state index in [9.17, 15) is 9.59 Å². The Hall–Kier alpha value is -0.710. The van der Waals surface area contributed by atoms with Crippen molar-refractivity contribution in [2.45, 2.75) is 50.2 Å². The van der Waals surface area contributed by atoms with Gasteiger partial charge in [-0.15, -0.1) is 11.8 Å². The van der Waals surface area contributed by atoms with Crippen LogP contribution >= 0.6 is 11.8 Å². The molecule has 2 aliphatic rings. The first kappa shape index (κ1) is 14.7. The van der Waals surface area contributed by atoms with Crippen molar-refractivity contribution in [3.63, 3.8) is 0 Å². The smallest absolute Gasteiger partial charge is 0.306 e. The van der Waals surface area contributed by atoms with E-state index in [4.69, 9.17) is 5.11 Å². The van der Waals surface area contributed by atoms with Crippen LogP contribution in [0.25, 0.3) is 0 Å². The van der Waals surface area contributed by atoms with Crippen LogP contribution in [0, 0.1) is 5.92 Å². The molecular formula is C14H23NO3S. The van der Waals surface area contributed by atoms with Crippen LogP contribution in [0.3, 0.4) is 0 Å². The molecule has 1 saturated heterocycles. The monoisotopic (exact) mass is 285 g/mol. The summed E-state index contributed by atoms with van der Waals surface area (Å²) in [5.74, 6) is -0.208. The Morgan fingerprint density at radius 3 is 2.26 bits per heavy atom. The molecule has 0 radical (unpaired) electrons. The maximum atomic E-state index is 12.1. The van der Waals surface area contributed by atoms with Crippen molar-refractivity contribution >= 4 is 23.6 Å². The minimum Gasteiger partial charge on any atom is -0.481 e. The van der Waals surface area contributed by atoms with E-state index < -0.39 is 5.97 Å². The number of carboxylic acid groups (broad SMARTS) is 1. The summed E-state index contributed by atoms with van der Waals surface area (Å²) in [6, 6.07) is 0. The van der Waals surface area contributed by atoms with Crippen LogP contribution in [-0.2, 0) is 9.59 Å². The minimum atomic E-state index is -0.719. The Balaban J connectivity index is 1.67. The minimum absolute atomic E-state index is 0.194. The summed E-state index contributed by atoms with van der Waals surface area (Å²) in [6.45, 7) is 1.22. The molecule has 1 amide bonds. The van der Waals surface area contributed by atoms with Crippen molar-refractivity contribution in [2.24, 2.45) is 5.92 Å². The molecule has 2 rings (SSSR count). The van der Waals surface area contributed by atoms with E-state index in [1.807, 2.05) is 4.90 Å². The molecule has 0 aromatic carbocycles. The highest BCUT2D eigenvalue weighted by molar-refractivity contribution is 8.00. The number of rotatable bonds is 4. The maximum Gasteiger partial charge on any atom is 0.306 e. The molecule has 19 heavy (non-hydrogen) atoms. The molecule has 0 aromatic rings. The van der Waals surface area contributed by atoms with E-state index >= 15 is 0 Å². The van der Waals surface area contributed by atoms with Crippen molar-refractivity contribution in [1.82, 2.24) is 4.90 Å². The first-order valence-electron chi connectivity index (χ1n) is 7.29. The molecule has 108 valence electrons. The summed E-state index contributed by atoms with van der Waals surface area (Å²) in [5.41, 5.74) is 0. The van der Waals surface area contributed by atoms with Gasteiger partial charge in [-0.25, -0.2) is 0 Å². The normalized spacial score (nSPS) is 22.4. The second-order valence-electron chi connectivity index (χ2n) is 5.56. The third-order valence-corrected chi connectivity index (χ3v) is 5.55. The van der Waals surface area contributed by atoms with Crippen LogP contribution in [0.1, 0.15) is 44.9 Å². The molecule has 1 saturated carbocycles. The van der Waals surface area contributed by atoms with Gasteiger partial charge in [0.1, 0.15) is 0 Å². The number of likely N-dealkylation sites (tertiary alicyclic amines) is 1. The zero-order valence-electron chi connectivity index (χ0n) is 11.3. The Bertz CT molecular complexity index is 321. The molecule has 2 fully saturated rings. The van der Waals surface area contributed by atoms with E-state index in [0.29, 0.717) is 36.9 Å². The second-order valence-corrected chi connectivity index (χ2v) is 6.85. The predicted octanol–water partition coefficient (Wildman–Crippen LogP) is 2.38. The number of carbonyl (C=O) groups excluding carboxylic acids is 1. The predicted molar refractivity (Wildman–Crippen MR) is 76.3 cm³/mol. The average molecular weight is 285 g/mol. The van der Waals surface area contributed by atoms with Gasteiger partial charge in [0, 0.05) is 18.3 Å². The molecule has 0 atom stereocenters. The van der Waals surface area contributed by atoms with Gasteiger partial charge in [-0.3, -0.25) is 9.59 Å². The van der Waals surface area contributed by atoms with Gasteiger partial charge in [0.15, 0.2) is 0 Å². The van der Waals surface area contributed by atoms with Crippen LogP contribution < -0.4 is 0 Å². The maximum absolute atomic E-state index is 12.1. The number of carbonyl (C=O) groups is 2. The van der Waals surface area contributed by atoms with E-state index in [1.165, 1.54) is 32.1 Å². The Labute approximate surface area is 118 Å². The number of aliphatic carboxylic acids is 1. The summed E-state index contributed by atoms with van der Waals surface area (Å²) >= 11 is 1.80. The topological polar surface area (TPSA) is 57.6 Å². The van der Waals surface area contributed by atoms with Crippen molar-refractivity contribution in [3.05, 3.63) is 0 Å². The van der Waals surface area contributed by atoms with Gasteiger partial charge in [-0.1, -0.05) is 19.3 Å². The molecule has 1 aliphatic heterocycles. The molecule has 1 N–H and O–H groups in total. The summed E-state index contributed by atoms with van der Waals surface area (Å²) in [7, 11) is 0. The van der Waals surface area contributed by atoms with E-state index in [2.05, 4.69) is 0 Å². The van der Waals surface area contributed by atoms with Crippen molar-refractivity contribution in [2.75, 3.05) is 18.8 Å². The van der Waals surface area contributed by atoms with Crippen LogP contribution in [-0.4, -0.2) is 46.0 Å². The van der Waals surface area contributed by atoms with E-state index in [0.717, 1.165) is 0 Å². The van der Waals surface area contributed by atoms with Gasteiger partial charge >= 0.3 is 5.97 Å². The van der Waals surface area contributed by atoms with E-state index in [-0.39, 0.29) is 11.8 Å². The fraction of sp³-hybridized carbons (Fsp3) is 0.857. The van der Waals surface area contributed by atoms with Gasteiger partial charge in [-0.2, -0.15) is 0 Å². The number of amides is 1. The molecule has 0 spiro atoms. The number of thioether (sulfide) groups is 1. The van der Waals surface area contributed by atoms with E-state index in [1.54, 1.807) is 11.8 Å². The SMILES string of the molecule is O=C(O)C1CCN(C(=O)CSC2CCCCC2)CC1. The van der Waals surface area contributed by atoms with Gasteiger partial charge in [-0.05, 0) is 25.7 Å². The largest absolute Gasteiger partial charge is 0.481 e. The van der Waals surface area contributed by atoms with Gasteiger partial charge in [0.05, 0.1) is 11.7 Å². The molecule has 4 nitrogen and oxygen atoms in total. The van der Waals surface area contributed by atoms with Crippen LogP contribution in [0.4, 0.5) is 0 Å². The first-order valence-corrected chi connectivity index (χ1v) is 8.34. The van der Waals surface area contributed by atoms with Gasteiger partial charge in [0.2, 0.25) is 5.91 Å². The van der Waals surface area contributed by atoms with Crippen molar-refractivity contribution in [1.29, 1.82) is 0 Å². The number of nitrogens with zero attached hydrogens (tertiary/aromatic N) is 1. The van der Waals surface area contributed by atoms with Crippen molar-refractivity contribution < 1.29 is 14.7 Å². The quantitative estimate of drug-likeness (QED) is 0.861.